The van der Waals surface area contributed by atoms with Gasteiger partial charge in [-0.05, 0) is 61.1 Å². The van der Waals surface area contributed by atoms with E-state index in [0.717, 1.165) is 20.0 Å². The largest absolute Gasteiger partial charge is 0.379 e. The lowest BCUT2D eigenvalue weighted by Gasteiger charge is -2.22. The van der Waals surface area contributed by atoms with Gasteiger partial charge in [-0.25, -0.2) is 0 Å². The van der Waals surface area contributed by atoms with Gasteiger partial charge in [0.05, 0.1) is 5.60 Å². The molecule has 0 spiro atoms. The molecule has 1 aromatic rings. The Morgan fingerprint density at radius 3 is 2.71 bits per heavy atom. The number of hydrogen-bond acceptors (Lipinski definition) is 2. The van der Waals surface area contributed by atoms with E-state index in [0.29, 0.717) is 6.42 Å². The molecule has 2 nitrogen and oxygen atoms in total. The van der Waals surface area contributed by atoms with Crippen molar-refractivity contribution in [2.75, 3.05) is 7.11 Å². The molecule has 0 radical (unpaired) electrons. The minimum atomic E-state index is -0.243. The summed E-state index contributed by atoms with van der Waals surface area (Å²) in [5.41, 5.74) is 0.541. The van der Waals surface area contributed by atoms with Crippen LogP contribution in [0.4, 0.5) is 0 Å². The van der Waals surface area contributed by atoms with Gasteiger partial charge in [-0.2, -0.15) is 0 Å². The van der Waals surface area contributed by atoms with Crippen LogP contribution in [0, 0.1) is 3.57 Å². The number of methoxy groups -OCH3 is 1. The minimum absolute atomic E-state index is 0.167. The topological polar surface area (TPSA) is 26.3 Å². The van der Waals surface area contributed by atoms with Crippen molar-refractivity contribution in [3.8, 4) is 0 Å². The van der Waals surface area contributed by atoms with E-state index in [4.69, 9.17) is 4.74 Å². The van der Waals surface area contributed by atoms with Crippen LogP contribution in [0.3, 0.4) is 0 Å². The van der Waals surface area contributed by atoms with Crippen LogP contribution >= 0.6 is 38.5 Å². The summed E-state index contributed by atoms with van der Waals surface area (Å²) in [6.45, 7) is 3.98. The first-order chi connectivity index (χ1) is 7.85. The molecule has 0 aromatic heterocycles. The molecule has 0 atom stereocenters. The maximum atomic E-state index is 12.1. The summed E-state index contributed by atoms with van der Waals surface area (Å²) in [6, 6.07) is 5.76. The van der Waals surface area contributed by atoms with E-state index >= 15 is 0 Å². The van der Waals surface area contributed by atoms with Gasteiger partial charge in [-0.3, -0.25) is 4.79 Å². The van der Waals surface area contributed by atoms with Crippen LogP contribution in [-0.2, 0) is 4.74 Å². The van der Waals surface area contributed by atoms with Crippen LogP contribution < -0.4 is 0 Å². The summed E-state index contributed by atoms with van der Waals surface area (Å²) in [6.07, 6.45) is 1.23. The number of ketones is 1. The van der Waals surface area contributed by atoms with E-state index in [2.05, 4.69) is 38.5 Å². The van der Waals surface area contributed by atoms with Crippen molar-refractivity contribution in [3.63, 3.8) is 0 Å². The molecule has 94 valence electrons. The standard InChI is InChI=1S/C13H16BrIO2/c1-13(2,17-3)7-6-12(16)10-8-9(14)4-5-11(10)15/h4-5,8H,6-7H2,1-3H3. The normalized spacial score (nSPS) is 11.6. The van der Waals surface area contributed by atoms with E-state index in [1.165, 1.54) is 0 Å². The average Bonchev–Trinajstić information content (AvgIpc) is 2.29. The summed E-state index contributed by atoms with van der Waals surface area (Å²) >= 11 is 5.58. The minimum Gasteiger partial charge on any atom is -0.379 e. The van der Waals surface area contributed by atoms with E-state index in [-0.39, 0.29) is 11.4 Å². The van der Waals surface area contributed by atoms with Gasteiger partial charge < -0.3 is 4.74 Å². The van der Waals surface area contributed by atoms with Crippen LogP contribution in [0.15, 0.2) is 22.7 Å². The number of rotatable bonds is 5. The Morgan fingerprint density at radius 2 is 2.12 bits per heavy atom. The third kappa shape index (κ3) is 4.67. The van der Waals surface area contributed by atoms with Crippen LogP contribution in [0.1, 0.15) is 37.0 Å². The lowest BCUT2D eigenvalue weighted by Crippen LogP contribution is -2.23. The number of hydrogen-bond donors (Lipinski definition) is 0. The van der Waals surface area contributed by atoms with E-state index < -0.39 is 0 Å². The summed E-state index contributed by atoms with van der Waals surface area (Å²) < 4.78 is 7.24. The number of halogens is 2. The fourth-order valence-corrected chi connectivity index (χ4v) is 2.36. The molecule has 0 saturated carbocycles. The van der Waals surface area contributed by atoms with Gasteiger partial charge in [-0.15, -0.1) is 0 Å². The molecule has 1 aromatic carbocycles. The molecule has 0 heterocycles. The number of carbonyl (C=O) groups excluding carboxylic acids is 1. The second-order valence-corrected chi connectivity index (χ2v) is 6.59. The first-order valence-corrected chi connectivity index (χ1v) is 7.26. The molecule has 0 amide bonds. The second kappa shape index (κ2) is 6.29. The fourth-order valence-electron chi connectivity index (χ4n) is 1.36. The Hall–Kier alpha value is 0.0600. The van der Waals surface area contributed by atoms with Crippen molar-refractivity contribution in [3.05, 3.63) is 31.8 Å². The summed E-state index contributed by atoms with van der Waals surface area (Å²) in [5.74, 6) is 0.167. The molecule has 1 rings (SSSR count). The highest BCUT2D eigenvalue weighted by atomic mass is 127. The lowest BCUT2D eigenvalue weighted by atomic mass is 9.98. The Balaban J connectivity index is 2.74. The Bertz CT molecular complexity index is 416. The van der Waals surface area contributed by atoms with E-state index in [1.54, 1.807) is 7.11 Å². The second-order valence-electron chi connectivity index (χ2n) is 4.51. The van der Waals surface area contributed by atoms with Crippen molar-refractivity contribution in [2.24, 2.45) is 0 Å². The SMILES string of the molecule is COC(C)(C)CCC(=O)c1cc(Br)ccc1I. The van der Waals surface area contributed by atoms with Crippen LogP contribution in [-0.4, -0.2) is 18.5 Å². The molecule has 0 aliphatic rings. The zero-order valence-corrected chi connectivity index (χ0v) is 14.0. The summed E-state index contributed by atoms with van der Waals surface area (Å²) in [7, 11) is 1.67. The number of Topliss-reactive ketones (excluding diaryl/α,β-unsaturated/α-hetero) is 1. The van der Waals surface area contributed by atoms with Crippen LogP contribution in [0.5, 0.6) is 0 Å². The Morgan fingerprint density at radius 1 is 1.47 bits per heavy atom. The predicted octanol–water partition coefficient (Wildman–Crippen LogP) is 4.44. The molecule has 0 unspecified atom stereocenters. The van der Waals surface area contributed by atoms with Crippen LogP contribution in [0.25, 0.3) is 0 Å². The van der Waals surface area contributed by atoms with Crippen molar-refractivity contribution in [2.45, 2.75) is 32.3 Å². The summed E-state index contributed by atoms with van der Waals surface area (Å²) in [5, 5.41) is 0. The van der Waals surface area contributed by atoms with Crippen molar-refractivity contribution >= 4 is 44.3 Å². The van der Waals surface area contributed by atoms with Crippen molar-refractivity contribution < 1.29 is 9.53 Å². The van der Waals surface area contributed by atoms with Crippen molar-refractivity contribution in [1.82, 2.24) is 0 Å². The van der Waals surface area contributed by atoms with Gasteiger partial charge in [0, 0.05) is 27.1 Å². The number of carbonyl (C=O) groups is 1. The Labute approximate surface area is 124 Å². The molecular formula is C13H16BrIO2. The highest BCUT2D eigenvalue weighted by molar-refractivity contribution is 14.1. The molecule has 0 N–H and O–H groups in total. The molecule has 4 heteroatoms. The lowest BCUT2D eigenvalue weighted by molar-refractivity contribution is 0.0141. The van der Waals surface area contributed by atoms with Gasteiger partial charge in [0.25, 0.3) is 0 Å². The average molecular weight is 411 g/mol. The highest BCUT2D eigenvalue weighted by Crippen LogP contribution is 2.22. The zero-order valence-electron chi connectivity index (χ0n) is 10.2. The molecule has 17 heavy (non-hydrogen) atoms. The number of benzene rings is 1. The van der Waals surface area contributed by atoms with Crippen LogP contribution in [0.2, 0.25) is 0 Å². The third-order valence-corrected chi connectivity index (χ3v) is 4.17. The van der Waals surface area contributed by atoms with Gasteiger partial charge in [0.15, 0.2) is 5.78 Å². The molecular weight excluding hydrogens is 395 g/mol. The number of ether oxygens (including phenoxy) is 1. The smallest absolute Gasteiger partial charge is 0.164 e. The molecule has 0 bridgehead atoms. The van der Waals surface area contributed by atoms with Crippen molar-refractivity contribution in [1.29, 1.82) is 0 Å². The Kier molecular flexibility index (Phi) is 5.60. The zero-order chi connectivity index (χ0) is 13.1. The maximum Gasteiger partial charge on any atom is 0.164 e. The van der Waals surface area contributed by atoms with E-state index in [9.17, 15) is 4.79 Å². The molecule has 0 aliphatic carbocycles. The maximum absolute atomic E-state index is 12.1. The first kappa shape index (κ1) is 15.1. The third-order valence-electron chi connectivity index (χ3n) is 2.74. The van der Waals surface area contributed by atoms with Gasteiger partial charge in [-0.1, -0.05) is 15.9 Å². The van der Waals surface area contributed by atoms with E-state index in [1.807, 2.05) is 32.0 Å². The van der Waals surface area contributed by atoms with Gasteiger partial charge >= 0.3 is 0 Å². The fraction of sp³-hybridized carbons (Fsp3) is 0.462. The highest BCUT2D eigenvalue weighted by Gasteiger charge is 2.19. The van der Waals surface area contributed by atoms with Gasteiger partial charge in [0.1, 0.15) is 0 Å². The monoisotopic (exact) mass is 410 g/mol. The molecule has 0 fully saturated rings. The summed E-state index contributed by atoms with van der Waals surface area (Å²) in [4.78, 5) is 12.1. The van der Waals surface area contributed by atoms with Gasteiger partial charge in [0.2, 0.25) is 0 Å². The molecule has 0 aliphatic heterocycles. The quantitative estimate of drug-likeness (QED) is 0.529. The predicted molar refractivity (Wildman–Crippen MR) is 81.5 cm³/mol. The first-order valence-electron chi connectivity index (χ1n) is 5.39. The molecule has 0 saturated heterocycles.